The number of aromatic nitrogens is 1. The van der Waals surface area contributed by atoms with E-state index in [1.54, 1.807) is 32.9 Å². The summed E-state index contributed by atoms with van der Waals surface area (Å²) in [5, 5.41) is 4.38. The summed E-state index contributed by atoms with van der Waals surface area (Å²) < 4.78 is 0. The number of carbonyl (C=O) groups is 2. The van der Waals surface area contributed by atoms with Crippen molar-refractivity contribution in [2.45, 2.75) is 46.7 Å². The van der Waals surface area contributed by atoms with Gasteiger partial charge >= 0.3 is 0 Å². The number of H-pyrrole nitrogens is 1. The minimum atomic E-state index is -0.446. The molecular weight excluding hydrogens is 359 g/mol. The van der Waals surface area contributed by atoms with Crippen molar-refractivity contribution in [3.8, 4) is 0 Å². The highest BCUT2D eigenvalue weighted by atomic mass is 35.5. The number of Topliss-reactive ketones (excluding diaryl/α,β-unsaturated/α-hetero) is 2. The number of rotatable bonds is 6. The third-order valence-electron chi connectivity index (χ3n) is 4.36. The van der Waals surface area contributed by atoms with Crippen molar-refractivity contribution in [1.82, 2.24) is 10.3 Å². The predicted molar refractivity (Wildman–Crippen MR) is 102 cm³/mol. The van der Waals surface area contributed by atoms with E-state index in [0.29, 0.717) is 32.6 Å². The molecular formula is C19H22Cl2N2O2. The Morgan fingerprint density at radius 3 is 2.32 bits per heavy atom. The van der Waals surface area contributed by atoms with E-state index in [1.165, 1.54) is 6.92 Å². The molecule has 0 fully saturated rings. The lowest BCUT2D eigenvalue weighted by molar-refractivity contribution is 0.0940. The minimum Gasteiger partial charge on any atom is -0.355 e. The lowest BCUT2D eigenvalue weighted by Gasteiger charge is -2.20. The predicted octanol–water partition coefficient (Wildman–Crippen LogP) is 5.06. The largest absolute Gasteiger partial charge is 0.355 e. The molecule has 0 amide bonds. The van der Waals surface area contributed by atoms with Crippen molar-refractivity contribution in [3.05, 3.63) is 56.3 Å². The molecule has 0 aliphatic heterocycles. The van der Waals surface area contributed by atoms with Gasteiger partial charge in [0.1, 0.15) is 0 Å². The van der Waals surface area contributed by atoms with Crippen molar-refractivity contribution in [2.75, 3.05) is 0 Å². The fourth-order valence-electron chi connectivity index (χ4n) is 3.13. The first-order chi connectivity index (χ1) is 11.6. The molecule has 2 atom stereocenters. The number of benzene rings is 1. The van der Waals surface area contributed by atoms with Gasteiger partial charge in [0.05, 0.1) is 11.7 Å². The zero-order valence-electron chi connectivity index (χ0n) is 15.0. The highest BCUT2D eigenvalue weighted by molar-refractivity contribution is 6.35. The van der Waals surface area contributed by atoms with Gasteiger partial charge in [-0.2, -0.15) is 0 Å². The number of hydrogen-bond acceptors (Lipinski definition) is 3. The third kappa shape index (κ3) is 4.14. The van der Waals surface area contributed by atoms with Gasteiger partial charge in [-0.05, 0) is 57.9 Å². The van der Waals surface area contributed by atoms with Crippen LogP contribution in [0.25, 0.3) is 0 Å². The van der Waals surface area contributed by atoms with E-state index in [9.17, 15) is 9.59 Å². The van der Waals surface area contributed by atoms with E-state index in [2.05, 4.69) is 10.3 Å². The van der Waals surface area contributed by atoms with E-state index < -0.39 is 6.04 Å². The number of hydrogen-bond donors (Lipinski definition) is 2. The molecule has 0 saturated carbocycles. The molecule has 6 heteroatoms. The molecule has 2 N–H and O–H groups in total. The lowest BCUT2D eigenvalue weighted by Crippen LogP contribution is -2.36. The van der Waals surface area contributed by atoms with Gasteiger partial charge in [-0.25, -0.2) is 0 Å². The molecule has 0 spiro atoms. The Morgan fingerprint density at radius 2 is 1.80 bits per heavy atom. The second kappa shape index (κ2) is 7.73. The standard InChI is InChI=1S/C19H22Cl2N2O2/c1-9-17(13(5)24)11(3)23-18(9)19(25)12(4)22-10(2)15-7-6-14(20)8-16(15)21/h6-8,10,12,22-23H,1-5H3/t10-,12+/m1/s1. The van der Waals surface area contributed by atoms with Gasteiger partial charge in [-0.15, -0.1) is 0 Å². The van der Waals surface area contributed by atoms with E-state index in [4.69, 9.17) is 23.2 Å². The van der Waals surface area contributed by atoms with Gasteiger partial charge in [-0.1, -0.05) is 29.3 Å². The monoisotopic (exact) mass is 380 g/mol. The van der Waals surface area contributed by atoms with Gasteiger partial charge < -0.3 is 10.3 Å². The summed E-state index contributed by atoms with van der Waals surface area (Å²) in [7, 11) is 0. The Hall–Kier alpha value is -1.62. The molecule has 0 radical (unpaired) electrons. The first-order valence-corrected chi connectivity index (χ1v) is 8.84. The number of carbonyl (C=O) groups excluding carboxylic acids is 2. The summed E-state index contributed by atoms with van der Waals surface area (Å²) in [5.41, 5.74) is 3.34. The smallest absolute Gasteiger partial charge is 0.195 e. The molecule has 25 heavy (non-hydrogen) atoms. The van der Waals surface area contributed by atoms with Crippen LogP contribution in [0.2, 0.25) is 10.0 Å². The van der Waals surface area contributed by atoms with Crippen LogP contribution < -0.4 is 5.32 Å². The fraction of sp³-hybridized carbons (Fsp3) is 0.368. The molecule has 2 rings (SSSR count). The van der Waals surface area contributed by atoms with E-state index in [0.717, 1.165) is 5.56 Å². The van der Waals surface area contributed by atoms with Gasteiger partial charge in [0.15, 0.2) is 11.6 Å². The maximum atomic E-state index is 12.8. The number of halogens is 2. The normalized spacial score (nSPS) is 13.6. The maximum Gasteiger partial charge on any atom is 0.195 e. The van der Waals surface area contributed by atoms with E-state index in [-0.39, 0.29) is 17.6 Å². The minimum absolute atomic E-state index is 0.0489. The molecule has 0 aliphatic carbocycles. The fourth-order valence-corrected chi connectivity index (χ4v) is 3.71. The van der Waals surface area contributed by atoms with Crippen molar-refractivity contribution in [2.24, 2.45) is 0 Å². The molecule has 2 aromatic rings. The van der Waals surface area contributed by atoms with Gasteiger partial charge in [0, 0.05) is 27.3 Å². The van der Waals surface area contributed by atoms with Crippen LogP contribution in [0.15, 0.2) is 18.2 Å². The number of nitrogens with one attached hydrogen (secondary N) is 2. The second-order valence-corrected chi connectivity index (χ2v) is 7.16. The van der Waals surface area contributed by atoms with Crippen molar-refractivity contribution in [3.63, 3.8) is 0 Å². The Labute approximate surface area is 157 Å². The molecule has 0 bridgehead atoms. The SMILES string of the molecule is CC(=O)c1c(C)[nH]c(C(=O)[C@H](C)N[C@H](C)c2ccc(Cl)cc2Cl)c1C. The molecule has 1 aromatic heterocycles. The summed E-state index contributed by atoms with van der Waals surface area (Å²) in [6, 6.07) is 4.72. The zero-order valence-corrected chi connectivity index (χ0v) is 16.5. The third-order valence-corrected chi connectivity index (χ3v) is 4.92. The first kappa shape index (κ1) is 19.7. The Balaban J connectivity index is 2.20. The summed E-state index contributed by atoms with van der Waals surface area (Å²) in [6.07, 6.45) is 0. The Morgan fingerprint density at radius 1 is 1.16 bits per heavy atom. The van der Waals surface area contributed by atoms with Crippen molar-refractivity contribution in [1.29, 1.82) is 0 Å². The van der Waals surface area contributed by atoms with Crippen LogP contribution in [0.3, 0.4) is 0 Å². The van der Waals surface area contributed by atoms with Crippen LogP contribution in [0.4, 0.5) is 0 Å². The molecule has 134 valence electrons. The van der Waals surface area contributed by atoms with Crippen LogP contribution >= 0.6 is 23.2 Å². The number of ketones is 2. The average molecular weight is 381 g/mol. The van der Waals surface area contributed by atoms with Crippen LogP contribution in [0, 0.1) is 13.8 Å². The molecule has 1 heterocycles. The summed E-state index contributed by atoms with van der Waals surface area (Å²) in [5.74, 6) is -0.141. The van der Waals surface area contributed by atoms with Crippen LogP contribution in [-0.2, 0) is 0 Å². The topological polar surface area (TPSA) is 62.0 Å². The highest BCUT2D eigenvalue weighted by Gasteiger charge is 2.25. The Kier molecular flexibility index (Phi) is 6.09. The van der Waals surface area contributed by atoms with Crippen LogP contribution in [0.1, 0.15) is 64.5 Å². The lowest BCUT2D eigenvalue weighted by atomic mass is 10.0. The van der Waals surface area contributed by atoms with E-state index >= 15 is 0 Å². The molecule has 1 aromatic carbocycles. The first-order valence-electron chi connectivity index (χ1n) is 8.08. The molecule has 4 nitrogen and oxygen atoms in total. The highest BCUT2D eigenvalue weighted by Crippen LogP contribution is 2.27. The second-order valence-electron chi connectivity index (χ2n) is 6.32. The summed E-state index contributed by atoms with van der Waals surface area (Å²) >= 11 is 12.2. The quantitative estimate of drug-likeness (QED) is 0.688. The van der Waals surface area contributed by atoms with Crippen molar-refractivity contribution < 1.29 is 9.59 Å². The van der Waals surface area contributed by atoms with Crippen LogP contribution in [-0.4, -0.2) is 22.6 Å². The number of aromatic amines is 1. The molecule has 0 saturated heterocycles. The molecule has 0 aliphatic rings. The number of aryl methyl sites for hydroxylation is 1. The summed E-state index contributed by atoms with van der Waals surface area (Å²) in [6.45, 7) is 8.83. The zero-order chi connectivity index (χ0) is 18.9. The van der Waals surface area contributed by atoms with Gasteiger partial charge in [0.25, 0.3) is 0 Å². The summed E-state index contributed by atoms with van der Waals surface area (Å²) in [4.78, 5) is 27.6. The maximum absolute atomic E-state index is 12.8. The van der Waals surface area contributed by atoms with Crippen molar-refractivity contribution >= 4 is 34.8 Å². The van der Waals surface area contributed by atoms with Gasteiger partial charge in [-0.3, -0.25) is 9.59 Å². The Bertz CT molecular complexity index is 827. The van der Waals surface area contributed by atoms with Gasteiger partial charge in [0.2, 0.25) is 0 Å². The molecule has 0 unspecified atom stereocenters. The van der Waals surface area contributed by atoms with E-state index in [1.807, 2.05) is 13.0 Å². The average Bonchev–Trinajstić information content (AvgIpc) is 2.80. The van der Waals surface area contributed by atoms with Crippen LogP contribution in [0.5, 0.6) is 0 Å².